The topological polar surface area (TPSA) is 88.0 Å². The molecule has 0 aromatic carbocycles. The third-order valence-electron chi connectivity index (χ3n) is 2.60. The van der Waals surface area contributed by atoms with Crippen LogP contribution in [-0.2, 0) is 0 Å². The average molecular weight is 261 g/mol. The number of carbonyl (C=O) groups is 2. The minimum atomic E-state index is -0.302. The zero-order valence-corrected chi connectivity index (χ0v) is 10.8. The molecule has 0 spiro atoms. The zero-order chi connectivity index (χ0) is 13.8. The van der Waals surface area contributed by atoms with Crippen LogP contribution in [0.2, 0.25) is 0 Å². The van der Waals surface area contributed by atoms with Crippen LogP contribution >= 0.6 is 0 Å². The highest BCUT2D eigenvalue weighted by Crippen LogP contribution is 2.07. The standard InChI is InChI=1S/C13H15N3O3/c1-8(7-11(17)12-4-3-5-19-12)14-13(18)10-6-9(2)15-16-10/h3-6,8H,7H2,1-2H3,(H,14,18)(H,15,16)/t8-/m1/s1. The van der Waals surface area contributed by atoms with Crippen LogP contribution in [-0.4, -0.2) is 27.9 Å². The lowest BCUT2D eigenvalue weighted by molar-refractivity contribution is 0.0904. The number of H-pyrrole nitrogens is 1. The van der Waals surface area contributed by atoms with E-state index in [2.05, 4.69) is 15.5 Å². The van der Waals surface area contributed by atoms with Gasteiger partial charge in [-0.1, -0.05) is 0 Å². The van der Waals surface area contributed by atoms with Crippen molar-refractivity contribution in [3.8, 4) is 0 Å². The number of amides is 1. The molecule has 2 N–H and O–H groups in total. The maximum absolute atomic E-state index is 11.8. The summed E-state index contributed by atoms with van der Waals surface area (Å²) in [6.07, 6.45) is 1.63. The summed E-state index contributed by atoms with van der Waals surface area (Å²) in [6.45, 7) is 3.58. The fraction of sp³-hybridized carbons (Fsp3) is 0.308. The number of aromatic nitrogens is 2. The zero-order valence-electron chi connectivity index (χ0n) is 10.8. The Hall–Kier alpha value is -2.37. The molecule has 0 aliphatic heterocycles. The second-order valence-corrected chi connectivity index (χ2v) is 4.42. The van der Waals surface area contributed by atoms with Gasteiger partial charge in [0.15, 0.2) is 11.5 Å². The summed E-state index contributed by atoms with van der Waals surface area (Å²) in [5.74, 6) is -0.142. The first-order chi connectivity index (χ1) is 9.06. The van der Waals surface area contributed by atoms with Gasteiger partial charge in [-0.2, -0.15) is 5.10 Å². The predicted molar refractivity (Wildman–Crippen MR) is 67.9 cm³/mol. The van der Waals surface area contributed by atoms with Gasteiger partial charge in [0.05, 0.1) is 6.26 Å². The normalized spacial score (nSPS) is 12.1. The van der Waals surface area contributed by atoms with Gasteiger partial charge < -0.3 is 9.73 Å². The Morgan fingerprint density at radius 3 is 2.89 bits per heavy atom. The number of aryl methyl sites for hydroxylation is 1. The third-order valence-corrected chi connectivity index (χ3v) is 2.60. The first-order valence-electron chi connectivity index (χ1n) is 5.96. The Morgan fingerprint density at radius 2 is 2.32 bits per heavy atom. The van der Waals surface area contributed by atoms with Crippen molar-refractivity contribution in [3.63, 3.8) is 0 Å². The summed E-state index contributed by atoms with van der Waals surface area (Å²) in [5.41, 5.74) is 1.12. The molecule has 0 saturated heterocycles. The largest absolute Gasteiger partial charge is 0.461 e. The van der Waals surface area contributed by atoms with Crippen molar-refractivity contribution in [1.82, 2.24) is 15.5 Å². The van der Waals surface area contributed by atoms with Crippen LogP contribution in [0.3, 0.4) is 0 Å². The van der Waals surface area contributed by atoms with Gasteiger partial charge in [-0.3, -0.25) is 14.7 Å². The fourth-order valence-electron chi connectivity index (χ4n) is 1.70. The van der Waals surface area contributed by atoms with E-state index in [-0.39, 0.29) is 24.2 Å². The lowest BCUT2D eigenvalue weighted by Gasteiger charge is -2.11. The highest BCUT2D eigenvalue weighted by Gasteiger charge is 2.17. The number of ketones is 1. The van der Waals surface area contributed by atoms with E-state index in [4.69, 9.17) is 4.42 Å². The molecule has 2 aromatic rings. The van der Waals surface area contributed by atoms with Crippen LogP contribution in [0.1, 0.15) is 40.1 Å². The number of carbonyl (C=O) groups excluding carboxylic acids is 2. The first-order valence-corrected chi connectivity index (χ1v) is 5.96. The van der Waals surface area contributed by atoms with E-state index < -0.39 is 0 Å². The molecule has 2 heterocycles. The van der Waals surface area contributed by atoms with E-state index >= 15 is 0 Å². The number of nitrogens with one attached hydrogen (secondary N) is 2. The smallest absolute Gasteiger partial charge is 0.271 e. The van der Waals surface area contributed by atoms with E-state index in [1.807, 2.05) is 6.92 Å². The van der Waals surface area contributed by atoms with Crippen molar-refractivity contribution >= 4 is 11.7 Å². The van der Waals surface area contributed by atoms with Crippen LogP contribution in [0.5, 0.6) is 0 Å². The maximum Gasteiger partial charge on any atom is 0.271 e. The summed E-state index contributed by atoms with van der Waals surface area (Å²) in [7, 11) is 0. The van der Waals surface area contributed by atoms with Gasteiger partial charge in [-0.25, -0.2) is 0 Å². The second kappa shape index (κ2) is 5.51. The lowest BCUT2D eigenvalue weighted by atomic mass is 10.1. The van der Waals surface area contributed by atoms with Crippen LogP contribution in [0.15, 0.2) is 28.9 Å². The lowest BCUT2D eigenvalue weighted by Crippen LogP contribution is -2.34. The maximum atomic E-state index is 11.8. The van der Waals surface area contributed by atoms with E-state index in [1.165, 1.54) is 6.26 Å². The van der Waals surface area contributed by atoms with Crippen LogP contribution in [0, 0.1) is 6.92 Å². The number of nitrogens with zero attached hydrogens (tertiary/aromatic N) is 1. The molecule has 0 aliphatic rings. The molecule has 1 atom stereocenters. The molecule has 6 heteroatoms. The van der Waals surface area contributed by atoms with Gasteiger partial charge in [0, 0.05) is 18.2 Å². The van der Waals surface area contributed by atoms with Gasteiger partial charge in [-0.05, 0) is 32.0 Å². The fourth-order valence-corrected chi connectivity index (χ4v) is 1.70. The van der Waals surface area contributed by atoms with Crippen LogP contribution in [0.25, 0.3) is 0 Å². The van der Waals surface area contributed by atoms with E-state index in [1.54, 1.807) is 25.1 Å². The van der Waals surface area contributed by atoms with Crippen molar-refractivity contribution in [2.24, 2.45) is 0 Å². The SMILES string of the molecule is Cc1cc(C(=O)N[C@H](C)CC(=O)c2ccco2)n[nH]1. The first kappa shape index (κ1) is 13.1. The Morgan fingerprint density at radius 1 is 1.53 bits per heavy atom. The minimum absolute atomic E-state index is 0.143. The minimum Gasteiger partial charge on any atom is -0.461 e. The molecule has 0 saturated carbocycles. The average Bonchev–Trinajstić information content (AvgIpc) is 2.98. The number of furan rings is 1. The van der Waals surface area contributed by atoms with Crippen LogP contribution in [0.4, 0.5) is 0 Å². The predicted octanol–water partition coefficient (Wildman–Crippen LogP) is 1.70. The van der Waals surface area contributed by atoms with Crippen molar-refractivity contribution < 1.29 is 14.0 Å². The number of aromatic amines is 1. The van der Waals surface area contributed by atoms with Gasteiger partial charge in [0.1, 0.15) is 5.69 Å². The Balaban J connectivity index is 1.89. The summed E-state index contributed by atoms with van der Waals surface area (Å²) < 4.78 is 5.01. The number of Topliss-reactive ketones (excluding diaryl/α,β-unsaturated/α-hetero) is 1. The van der Waals surface area contributed by atoms with Gasteiger partial charge in [-0.15, -0.1) is 0 Å². The molecule has 0 radical (unpaired) electrons. The highest BCUT2D eigenvalue weighted by molar-refractivity contribution is 5.95. The van der Waals surface area contributed by atoms with Gasteiger partial charge in [0.25, 0.3) is 5.91 Å². The molecule has 100 valence electrons. The molecule has 2 rings (SSSR count). The van der Waals surface area contributed by atoms with Crippen molar-refractivity contribution in [2.75, 3.05) is 0 Å². The summed E-state index contributed by atoms with van der Waals surface area (Å²) in [5, 5.41) is 9.27. The van der Waals surface area contributed by atoms with E-state index in [0.29, 0.717) is 11.5 Å². The van der Waals surface area contributed by atoms with Crippen molar-refractivity contribution in [2.45, 2.75) is 26.3 Å². The molecule has 1 amide bonds. The quantitative estimate of drug-likeness (QED) is 0.802. The number of hydrogen-bond acceptors (Lipinski definition) is 4. The molecule has 0 unspecified atom stereocenters. The summed E-state index contributed by atoms with van der Waals surface area (Å²) >= 11 is 0. The van der Waals surface area contributed by atoms with Gasteiger partial charge >= 0.3 is 0 Å². The molecular formula is C13H15N3O3. The van der Waals surface area contributed by atoms with Gasteiger partial charge in [0.2, 0.25) is 0 Å². The molecule has 0 bridgehead atoms. The van der Waals surface area contributed by atoms with Crippen molar-refractivity contribution in [1.29, 1.82) is 0 Å². The number of hydrogen-bond donors (Lipinski definition) is 2. The Kier molecular flexibility index (Phi) is 3.79. The van der Waals surface area contributed by atoms with E-state index in [9.17, 15) is 9.59 Å². The summed E-state index contributed by atoms with van der Waals surface area (Å²) in [4.78, 5) is 23.6. The Labute approximate surface area is 110 Å². The summed E-state index contributed by atoms with van der Waals surface area (Å²) in [6, 6.07) is 4.62. The molecule has 19 heavy (non-hydrogen) atoms. The molecular weight excluding hydrogens is 246 g/mol. The second-order valence-electron chi connectivity index (χ2n) is 4.42. The molecule has 2 aromatic heterocycles. The highest BCUT2D eigenvalue weighted by atomic mass is 16.3. The number of rotatable bonds is 5. The third kappa shape index (κ3) is 3.31. The molecule has 6 nitrogen and oxygen atoms in total. The molecule has 0 fully saturated rings. The van der Waals surface area contributed by atoms with E-state index in [0.717, 1.165) is 5.69 Å². The van der Waals surface area contributed by atoms with Crippen LogP contribution < -0.4 is 5.32 Å². The monoisotopic (exact) mass is 261 g/mol. The Bertz CT molecular complexity index is 572. The molecule has 0 aliphatic carbocycles. The van der Waals surface area contributed by atoms with Crippen molar-refractivity contribution in [3.05, 3.63) is 41.6 Å².